The summed E-state index contributed by atoms with van der Waals surface area (Å²) in [6.07, 6.45) is 3.29. The Morgan fingerprint density at radius 3 is 2.55 bits per heavy atom. The fraction of sp³-hybridized carbons (Fsp3) is 0.688. The van der Waals surface area contributed by atoms with E-state index in [4.69, 9.17) is 4.74 Å². The van der Waals surface area contributed by atoms with E-state index in [2.05, 4.69) is 9.97 Å². The molecule has 1 aromatic rings. The smallest absolute Gasteiger partial charge is 0.223 e. The minimum Gasteiger partial charge on any atom is -0.375 e. The number of carbonyl (C=O) groups excluding carboxylic acids is 1. The molecule has 0 aromatic carbocycles. The van der Waals surface area contributed by atoms with Gasteiger partial charge in [0, 0.05) is 24.4 Å². The van der Waals surface area contributed by atoms with Crippen molar-refractivity contribution < 1.29 is 9.53 Å². The molecule has 0 saturated carbocycles. The third-order valence-electron chi connectivity index (χ3n) is 4.10. The Morgan fingerprint density at radius 2 is 1.95 bits per heavy atom. The molecule has 6 heteroatoms. The summed E-state index contributed by atoms with van der Waals surface area (Å²) in [5, 5.41) is 0.792. The number of hydrogen-bond donors (Lipinski definition) is 0. The van der Waals surface area contributed by atoms with Gasteiger partial charge in [-0.1, -0.05) is 11.8 Å². The van der Waals surface area contributed by atoms with Gasteiger partial charge in [0.05, 0.1) is 18.8 Å². The number of thioether (sulfide) groups is 1. The lowest BCUT2D eigenvalue weighted by molar-refractivity contribution is -0.143. The normalized spacial score (nSPS) is 22.0. The summed E-state index contributed by atoms with van der Waals surface area (Å²) >= 11 is 1.54. The van der Waals surface area contributed by atoms with Gasteiger partial charge in [-0.05, 0) is 45.9 Å². The van der Waals surface area contributed by atoms with E-state index in [-0.39, 0.29) is 18.1 Å². The first kappa shape index (κ1) is 17.2. The number of morpholine rings is 1. The Balaban J connectivity index is 2.02. The number of ether oxygens (including phenoxy) is 1. The molecule has 2 unspecified atom stereocenters. The summed E-state index contributed by atoms with van der Waals surface area (Å²) in [7, 11) is 0. The van der Waals surface area contributed by atoms with E-state index >= 15 is 0 Å². The Morgan fingerprint density at radius 1 is 1.32 bits per heavy atom. The summed E-state index contributed by atoms with van der Waals surface area (Å²) < 4.78 is 5.58. The maximum atomic E-state index is 12.5. The maximum absolute atomic E-state index is 12.5. The fourth-order valence-electron chi connectivity index (χ4n) is 2.79. The molecule has 0 bridgehead atoms. The molecule has 22 heavy (non-hydrogen) atoms. The SMILES string of the molecule is CSc1nc(C)c(CCC(=O)N2CC(C)OCC2C)c(C)n1. The second-order valence-corrected chi connectivity index (χ2v) is 6.67. The summed E-state index contributed by atoms with van der Waals surface area (Å²) in [6, 6.07) is 0.154. The zero-order valence-electron chi connectivity index (χ0n) is 14.0. The van der Waals surface area contributed by atoms with Crippen molar-refractivity contribution in [3.8, 4) is 0 Å². The maximum Gasteiger partial charge on any atom is 0.223 e. The van der Waals surface area contributed by atoms with Gasteiger partial charge in [0.2, 0.25) is 5.91 Å². The monoisotopic (exact) mass is 323 g/mol. The minimum absolute atomic E-state index is 0.118. The number of aryl methyl sites for hydroxylation is 2. The lowest BCUT2D eigenvalue weighted by atomic mass is 10.1. The third kappa shape index (κ3) is 3.98. The first-order valence-electron chi connectivity index (χ1n) is 7.71. The van der Waals surface area contributed by atoms with Crippen LogP contribution in [0.4, 0.5) is 0 Å². The van der Waals surface area contributed by atoms with E-state index in [9.17, 15) is 4.79 Å². The van der Waals surface area contributed by atoms with E-state index < -0.39 is 0 Å². The molecular weight excluding hydrogens is 298 g/mol. The van der Waals surface area contributed by atoms with E-state index in [1.54, 1.807) is 11.8 Å². The molecule has 2 heterocycles. The molecule has 2 rings (SSSR count). The van der Waals surface area contributed by atoms with E-state index in [1.165, 1.54) is 0 Å². The van der Waals surface area contributed by atoms with Gasteiger partial charge in [0.1, 0.15) is 0 Å². The zero-order valence-corrected chi connectivity index (χ0v) is 14.9. The molecular formula is C16H25N3O2S. The molecule has 122 valence electrons. The predicted molar refractivity (Wildman–Crippen MR) is 88.2 cm³/mol. The summed E-state index contributed by atoms with van der Waals surface area (Å²) in [4.78, 5) is 23.4. The number of aromatic nitrogens is 2. The van der Waals surface area contributed by atoms with Crippen LogP contribution in [0, 0.1) is 13.8 Å². The fourth-order valence-corrected chi connectivity index (χ4v) is 3.24. The summed E-state index contributed by atoms with van der Waals surface area (Å²) in [5.41, 5.74) is 3.06. The number of nitrogens with zero attached hydrogens (tertiary/aromatic N) is 3. The molecule has 5 nitrogen and oxygen atoms in total. The molecule has 1 saturated heterocycles. The van der Waals surface area contributed by atoms with Crippen molar-refractivity contribution in [1.29, 1.82) is 0 Å². The molecule has 0 N–H and O–H groups in total. The highest BCUT2D eigenvalue weighted by atomic mass is 32.2. The molecule has 1 amide bonds. The number of rotatable bonds is 4. The van der Waals surface area contributed by atoms with Crippen molar-refractivity contribution in [2.75, 3.05) is 19.4 Å². The lowest BCUT2D eigenvalue weighted by Crippen LogP contribution is -2.50. The topological polar surface area (TPSA) is 55.3 Å². The number of hydrogen-bond acceptors (Lipinski definition) is 5. The van der Waals surface area contributed by atoms with Crippen molar-refractivity contribution >= 4 is 17.7 Å². The molecule has 1 aromatic heterocycles. The highest BCUT2D eigenvalue weighted by molar-refractivity contribution is 7.98. The van der Waals surface area contributed by atoms with Crippen molar-refractivity contribution in [3.05, 3.63) is 17.0 Å². The summed E-state index contributed by atoms with van der Waals surface area (Å²) in [5.74, 6) is 0.190. The average molecular weight is 323 g/mol. The van der Waals surface area contributed by atoms with Crippen molar-refractivity contribution in [1.82, 2.24) is 14.9 Å². The number of amides is 1. The second kappa shape index (κ2) is 7.42. The van der Waals surface area contributed by atoms with Crippen LogP contribution in [0.1, 0.15) is 37.2 Å². The molecule has 1 aliphatic heterocycles. The Labute approximate surface area is 136 Å². The van der Waals surface area contributed by atoms with Gasteiger partial charge in [0.15, 0.2) is 5.16 Å². The van der Waals surface area contributed by atoms with Crippen LogP contribution in [0.25, 0.3) is 0 Å². The van der Waals surface area contributed by atoms with Crippen LogP contribution in [0.15, 0.2) is 5.16 Å². The Bertz CT molecular complexity index is 527. The lowest BCUT2D eigenvalue weighted by Gasteiger charge is -2.37. The molecule has 2 atom stereocenters. The van der Waals surface area contributed by atoms with Crippen molar-refractivity contribution in [2.24, 2.45) is 0 Å². The van der Waals surface area contributed by atoms with Crippen LogP contribution in [0.5, 0.6) is 0 Å². The van der Waals surface area contributed by atoms with Gasteiger partial charge in [-0.15, -0.1) is 0 Å². The van der Waals surface area contributed by atoms with Gasteiger partial charge in [-0.3, -0.25) is 4.79 Å². The van der Waals surface area contributed by atoms with Gasteiger partial charge in [-0.2, -0.15) is 0 Å². The second-order valence-electron chi connectivity index (χ2n) is 5.90. The third-order valence-corrected chi connectivity index (χ3v) is 4.65. The Kier molecular flexibility index (Phi) is 5.81. The quantitative estimate of drug-likeness (QED) is 0.629. The van der Waals surface area contributed by atoms with E-state index in [0.29, 0.717) is 26.0 Å². The van der Waals surface area contributed by atoms with Gasteiger partial charge in [0.25, 0.3) is 0 Å². The van der Waals surface area contributed by atoms with Crippen LogP contribution < -0.4 is 0 Å². The largest absolute Gasteiger partial charge is 0.375 e. The van der Waals surface area contributed by atoms with Gasteiger partial charge < -0.3 is 9.64 Å². The van der Waals surface area contributed by atoms with E-state index in [0.717, 1.165) is 22.1 Å². The van der Waals surface area contributed by atoms with E-state index in [1.807, 2.05) is 38.9 Å². The number of carbonyl (C=O) groups is 1. The van der Waals surface area contributed by atoms with Gasteiger partial charge in [-0.25, -0.2) is 9.97 Å². The molecule has 0 radical (unpaired) electrons. The van der Waals surface area contributed by atoms with Crippen LogP contribution in [-0.4, -0.2) is 52.3 Å². The van der Waals surface area contributed by atoms with Crippen LogP contribution >= 0.6 is 11.8 Å². The molecule has 1 aliphatic rings. The van der Waals surface area contributed by atoms with Crippen molar-refractivity contribution in [2.45, 2.75) is 57.8 Å². The highest BCUT2D eigenvalue weighted by Crippen LogP contribution is 2.19. The van der Waals surface area contributed by atoms with Crippen LogP contribution in [0.2, 0.25) is 0 Å². The summed E-state index contributed by atoms with van der Waals surface area (Å²) in [6.45, 7) is 9.34. The molecule has 0 spiro atoms. The van der Waals surface area contributed by atoms with Crippen molar-refractivity contribution in [3.63, 3.8) is 0 Å². The van der Waals surface area contributed by atoms with Crippen LogP contribution in [-0.2, 0) is 16.0 Å². The van der Waals surface area contributed by atoms with Gasteiger partial charge >= 0.3 is 0 Å². The zero-order chi connectivity index (χ0) is 16.3. The average Bonchev–Trinajstić information content (AvgIpc) is 2.48. The first-order valence-corrected chi connectivity index (χ1v) is 8.94. The molecule has 1 fully saturated rings. The van der Waals surface area contributed by atoms with Crippen LogP contribution in [0.3, 0.4) is 0 Å². The Hall–Kier alpha value is -1.14. The first-order chi connectivity index (χ1) is 10.4. The predicted octanol–water partition coefficient (Wildman–Crippen LogP) is 2.38. The molecule has 0 aliphatic carbocycles. The minimum atomic E-state index is 0.118. The highest BCUT2D eigenvalue weighted by Gasteiger charge is 2.27. The standard InChI is InChI=1S/C16H25N3O2S/c1-10-9-21-11(2)8-19(10)15(20)7-6-14-12(3)17-16(22-5)18-13(14)4/h10-11H,6-9H2,1-5H3.